The van der Waals surface area contributed by atoms with Gasteiger partial charge < -0.3 is 9.47 Å². The first-order chi connectivity index (χ1) is 9.45. The Kier molecular flexibility index (Phi) is 4.03. The summed E-state index contributed by atoms with van der Waals surface area (Å²) in [6, 6.07) is 14.4. The fourth-order valence-corrected chi connectivity index (χ4v) is 2.33. The number of benzene rings is 2. The summed E-state index contributed by atoms with van der Waals surface area (Å²) in [5.41, 5.74) is 3.71. The van der Waals surface area contributed by atoms with E-state index in [1.807, 2.05) is 18.2 Å². The van der Waals surface area contributed by atoms with E-state index in [1.54, 1.807) is 14.2 Å². The van der Waals surface area contributed by atoms with Gasteiger partial charge in [-0.25, -0.2) is 0 Å². The maximum absolute atomic E-state index is 5.37. The van der Waals surface area contributed by atoms with Crippen molar-refractivity contribution in [2.24, 2.45) is 0 Å². The number of hydrogen-bond donors (Lipinski definition) is 0. The second kappa shape index (κ2) is 5.58. The molecule has 2 aromatic rings. The number of methoxy groups -OCH3 is 2. The average Bonchev–Trinajstić information content (AvgIpc) is 2.45. The minimum Gasteiger partial charge on any atom is -0.497 e. The molecule has 0 fully saturated rings. The van der Waals surface area contributed by atoms with Gasteiger partial charge in [0, 0.05) is 0 Å². The van der Waals surface area contributed by atoms with Crippen LogP contribution in [-0.4, -0.2) is 14.2 Å². The molecule has 2 rings (SSSR count). The third-order valence-corrected chi connectivity index (χ3v) is 3.42. The Bertz CT molecular complexity index is 595. The zero-order valence-electron chi connectivity index (χ0n) is 12.9. The van der Waals surface area contributed by atoms with Gasteiger partial charge in [-0.1, -0.05) is 39.0 Å². The fraction of sp³-hybridized carbons (Fsp3) is 0.333. The van der Waals surface area contributed by atoms with E-state index in [0.29, 0.717) is 0 Å². The molecule has 0 aromatic heterocycles. The Balaban J connectivity index is 2.63. The van der Waals surface area contributed by atoms with E-state index in [0.717, 1.165) is 17.1 Å². The van der Waals surface area contributed by atoms with Crippen LogP contribution >= 0.6 is 0 Å². The van der Waals surface area contributed by atoms with Crippen molar-refractivity contribution in [2.75, 3.05) is 14.2 Å². The SMILES string of the molecule is COc1cccc(-c2cc(OC)ccc2C(C)(C)C)c1. The van der Waals surface area contributed by atoms with Crippen LogP contribution in [0.5, 0.6) is 11.5 Å². The van der Waals surface area contributed by atoms with Crippen LogP contribution < -0.4 is 9.47 Å². The predicted molar refractivity (Wildman–Crippen MR) is 83.7 cm³/mol. The van der Waals surface area contributed by atoms with Crippen molar-refractivity contribution in [1.29, 1.82) is 0 Å². The highest BCUT2D eigenvalue weighted by molar-refractivity contribution is 5.71. The Morgan fingerprint density at radius 3 is 2.05 bits per heavy atom. The zero-order valence-corrected chi connectivity index (χ0v) is 12.9. The molecule has 2 aromatic carbocycles. The van der Waals surface area contributed by atoms with Gasteiger partial charge in [0.2, 0.25) is 0 Å². The number of hydrogen-bond acceptors (Lipinski definition) is 2. The molecule has 0 N–H and O–H groups in total. The summed E-state index contributed by atoms with van der Waals surface area (Å²) < 4.78 is 10.7. The third-order valence-electron chi connectivity index (χ3n) is 3.42. The van der Waals surface area contributed by atoms with Crippen LogP contribution in [0.1, 0.15) is 26.3 Å². The molecule has 0 aliphatic carbocycles. The summed E-state index contributed by atoms with van der Waals surface area (Å²) >= 11 is 0. The summed E-state index contributed by atoms with van der Waals surface area (Å²) in [7, 11) is 3.39. The lowest BCUT2D eigenvalue weighted by atomic mass is 9.81. The van der Waals surface area contributed by atoms with Gasteiger partial charge >= 0.3 is 0 Å². The predicted octanol–water partition coefficient (Wildman–Crippen LogP) is 4.67. The molecule has 0 heterocycles. The van der Waals surface area contributed by atoms with Crippen LogP contribution in [0.2, 0.25) is 0 Å². The summed E-state index contributed by atoms with van der Waals surface area (Å²) in [5, 5.41) is 0. The largest absolute Gasteiger partial charge is 0.497 e. The molecule has 0 radical (unpaired) electrons. The first kappa shape index (κ1) is 14.4. The summed E-state index contributed by atoms with van der Waals surface area (Å²) in [6.45, 7) is 6.66. The fourth-order valence-electron chi connectivity index (χ4n) is 2.33. The van der Waals surface area contributed by atoms with Gasteiger partial charge in [-0.3, -0.25) is 0 Å². The van der Waals surface area contributed by atoms with Crippen molar-refractivity contribution >= 4 is 0 Å². The molecule has 2 heteroatoms. The van der Waals surface area contributed by atoms with Gasteiger partial charge in [-0.2, -0.15) is 0 Å². The van der Waals surface area contributed by atoms with E-state index in [4.69, 9.17) is 9.47 Å². The zero-order chi connectivity index (χ0) is 14.8. The van der Waals surface area contributed by atoms with E-state index < -0.39 is 0 Å². The van der Waals surface area contributed by atoms with Crippen molar-refractivity contribution in [3.05, 3.63) is 48.0 Å². The highest BCUT2D eigenvalue weighted by atomic mass is 16.5. The van der Waals surface area contributed by atoms with Crippen LogP contribution in [0.25, 0.3) is 11.1 Å². The molecule has 0 atom stereocenters. The van der Waals surface area contributed by atoms with Crippen LogP contribution in [-0.2, 0) is 5.41 Å². The molecule has 0 saturated carbocycles. The molecule has 0 spiro atoms. The number of rotatable bonds is 3. The molecule has 106 valence electrons. The Labute approximate surface area is 121 Å². The van der Waals surface area contributed by atoms with Crippen molar-refractivity contribution < 1.29 is 9.47 Å². The summed E-state index contributed by atoms with van der Waals surface area (Å²) in [6.07, 6.45) is 0. The second-order valence-electron chi connectivity index (χ2n) is 5.89. The quantitative estimate of drug-likeness (QED) is 0.807. The van der Waals surface area contributed by atoms with Crippen LogP contribution in [0.3, 0.4) is 0 Å². The standard InChI is InChI=1S/C18H22O2/c1-18(2,3)17-10-9-15(20-5)12-16(17)13-7-6-8-14(11-13)19-4/h6-12H,1-5H3. The maximum Gasteiger partial charge on any atom is 0.119 e. The first-order valence-corrected chi connectivity index (χ1v) is 6.78. The van der Waals surface area contributed by atoms with Gasteiger partial charge in [-0.15, -0.1) is 0 Å². The van der Waals surface area contributed by atoms with Crippen molar-refractivity contribution in [3.8, 4) is 22.6 Å². The average molecular weight is 270 g/mol. The molecule has 20 heavy (non-hydrogen) atoms. The lowest BCUT2D eigenvalue weighted by molar-refractivity contribution is 0.414. The van der Waals surface area contributed by atoms with Crippen LogP contribution in [0.15, 0.2) is 42.5 Å². The molecule has 0 unspecified atom stereocenters. The van der Waals surface area contributed by atoms with E-state index >= 15 is 0 Å². The normalized spacial score (nSPS) is 11.2. The lowest BCUT2D eigenvalue weighted by Crippen LogP contribution is -2.12. The van der Waals surface area contributed by atoms with E-state index in [1.165, 1.54) is 11.1 Å². The van der Waals surface area contributed by atoms with Crippen molar-refractivity contribution in [3.63, 3.8) is 0 Å². The molecule has 0 saturated heterocycles. The minimum absolute atomic E-state index is 0.0741. The minimum atomic E-state index is 0.0741. The monoisotopic (exact) mass is 270 g/mol. The molecule has 0 amide bonds. The van der Waals surface area contributed by atoms with Crippen molar-refractivity contribution in [2.45, 2.75) is 26.2 Å². The smallest absolute Gasteiger partial charge is 0.119 e. The Morgan fingerprint density at radius 2 is 1.45 bits per heavy atom. The van der Waals surface area contributed by atoms with Crippen molar-refractivity contribution in [1.82, 2.24) is 0 Å². The number of ether oxygens (including phenoxy) is 2. The van der Waals surface area contributed by atoms with E-state index in [9.17, 15) is 0 Å². The van der Waals surface area contributed by atoms with E-state index in [2.05, 4.69) is 45.0 Å². The highest BCUT2D eigenvalue weighted by Gasteiger charge is 2.19. The summed E-state index contributed by atoms with van der Waals surface area (Å²) in [5.74, 6) is 1.74. The topological polar surface area (TPSA) is 18.5 Å². The molecule has 0 bridgehead atoms. The van der Waals surface area contributed by atoms with Gasteiger partial charge in [0.1, 0.15) is 11.5 Å². The van der Waals surface area contributed by atoms with Gasteiger partial charge in [0.25, 0.3) is 0 Å². The maximum atomic E-state index is 5.37. The van der Waals surface area contributed by atoms with Gasteiger partial charge in [-0.05, 0) is 46.4 Å². The highest BCUT2D eigenvalue weighted by Crippen LogP contribution is 2.36. The van der Waals surface area contributed by atoms with Gasteiger partial charge in [0.05, 0.1) is 14.2 Å². The Morgan fingerprint density at radius 1 is 0.800 bits per heavy atom. The lowest BCUT2D eigenvalue weighted by Gasteiger charge is -2.24. The Hall–Kier alpha value is -1.96. The molecule has 2 nitrogen and oxygen atoms in total. The molecule has 0 aliphatic rings. The van der Waals surface area contributed by atoms with Crippen LogP contribution in [0, 0.1) is 0 Å². The van der Waals surface area contributed by atoms with Gasteiger partial charge in [0.15, 0.2) is 0 Å². The summed E-state index contributed by atoms with van der Waals surface area (Å²) in [4.78, 5) is 0. The third kappa shape index (κ3) is 2.96. The molecular formula is C18H22O2. The molecular weight excluding hydrogens is 248 g/mol. The second-order valence-corrected chi connectivity index (χ2v) is 5.89. The first-order valence-electron chi connectivity index (χ1n) is 6.78. The van der Waals surface area contributed by atoms with E-state index in [-0.39, 0.29) is 5.41 Å². The molecule has 0 aliphatic heterocycles. The van der Waals surface area contributed by atoms with Crippen LogP contribution in [0.4, 0.5) is 0 Å².